The summed E-state index contributed by atoms with van der Waals surface area (Å²) in [5, 5.41) is 18.6. The number of aliphatic hydroxyl groups excluding tert-OH is 2. The quantitative estimate of drug-likeness (QED) is 0.761. The van der Waals surface area contributed by atoms with Gasteiger partial charge in [-0.15, -0.1) is 0 Å². The van der Waals surface area contributed by atoms with E-state index in [9.17, 15) is 5.11 Å². The molecule has 0 heterocycles. The molecule has 0 aliphatic heterocycles. The van der Waals surface area contributed by atoms with Crippen LogP contribution in [0.3, 0.4) is 0 Å². The van der Waals surface area contributed by atoms with E-state index in [1.807, 2.05) is 12.1 Å². The zero-order valence-electron chi connectivity index (χ0n) is 8.19. The van der Waals surface area contributed by atoms with E-state index in [2.05, 4.69) is 12.1 Å². The predicted molar refractivity (Wildman–Crippen MR) is 55.2 cm³/mol. The van der Waals surface area contributed by atoms with Crippen molar-refractivity contribution in [3.05, 3.63) is 35.4 Å². The van der Waals surface area contributed by atoms with Gasteiger partial charge < -0.3 is 10.2 Å². The molecule has 76 valence electrons. The summed E-state index contributed by atoms with van der Waals surface area (Å²) in [7, 11) is 0. The van der Waals surface area contributed by atoms with Crippen LogP contribution in [0.4, 0.5) is 0 Å². The van der Waals surface area contributed by atoms with Gasteiger partial charge in [-0.1, -0.05) is 24.3 Å². The van der Waals surface area contributed by atoms with Gasteiger partial charge in [-0.3, -0.25) is 0 Å². The van der Waals surface area contributed by atoms with Gasteiger partial charge in [0, 0.05) is 12.5 Å². The van der Waals surface area contributed by atoms with E-state index in [-0.39, 0.29) is 18.6 Å². The zero-order valence-corrected chi connectivity index (χ0v) is 8.19. The summed E-state index contributed by atoms with van der Waals surface area (Å²) in [6.45, 7) is 0.214. The lowest BCUT2D eigenvalue weighted by Gasteiger charge is -2.14. The minimum absolute atomic E-state index is 0.214. The molecule has 1 aliphatic carbocycles. The zero-order chi connectivity index (χ0) is 9.97. The van der Waals surface area contributed by atoms with Gasteiger partial charge in [-0.2, -0.15) is 0 Å². The molecular weight excluding hydrogens is 176 g/mol. The Labute approximate surface area is 84.2 Å². The fourth-order valence-electron chi connectivity index (χ4n) is 2.32. The number of hydrogen-bond donors (Lipinski definition) is 2. The lowest BCUT2D eigenvalue weighted by Crippen LogP contribution is -2.13. The summed E-state index contributed by atoms with van der Waals surface area (Å²) in [5.74, 6) is 0.235. The second kappa shape index (κ2) is 4.11. The summed E-state index contributed by atoms with van der Waals surface area (Å²) in [5.41, 5.74) is 2.54. The summed E-state index contributed by atoms with van der Waals surface area (Å²) in [4.78, 5) is 0. The highest BCUT2D eigenvalue weighted by molar-refractivity contribution is 5.36. The van der Waals surface area contributed by atoms with E-state index in [0.717, 1.165) is 19.3 Å². The Morgan fingerprint density at radius 1 is 1.29 bits per heavy atom. The number of aliphatic hydroxyl groups is 2. The maximum absolute atomic E-state index is 9.86. The van der Waals surface area contributed by atoms with Crippen molar-refractivity contribution >= 4 is 0 Å². The first-order valence-corrected chi connectivity index (χ1v) is 5.19. The van der Waals surface area contributed by atoms with E-state index in [1.54, 1.807) is 0 Å². The van der Waals surface area contributed by atoms with Crippen molar-refractivity contribution in [2.75, 3.05) is 6.61 Å². The van der Waals surface area contributed by atoms with Gasteiger partial charge in [0.1, 0.15) is 0 Å². The van der Waals surface area contributed by atoms with Crippen LogP contribution >= 0.6 is 0 Å². The molecule has 0 saturated carbocycles. The molecular formula is C12H16O2. The van der Waals surface area contributed by atoms with E-state index < -0.39 is 0 Å². The van der Waals surface area contributed by atoms with Crippen LogP contribution in [0.2, 0.25) is 0 Å². The number of fused-ring (bicyclic) bond motifs is 1. The molecule has 0 bridgehead atoms. The SMILES string of the molecule is OCCCC1c2ccccc2CC1O. The normalized spacial score (nSPS) is 25.0. The fraction of sp³-hybridized carbons (Fsp3) is 0.500. The molecule has 14 heavy (non-hydrogen) atoms. The minimum atomic E-state index is -0.251. The van der Waals surface area contributed by atoms with Crippen molar-refractivity contribution in [2.45, 2.75) is 31.3 Å². The van der Waals surface area contributed by atoms with Crippen LogP contribution in [0, 0.1) is 0 Å². The molecule has 0 spiro atoms. The van der Waals surface area contributed by atoms with E-state index in [4.69, 9.17) is 5.11 Å². The molecule has 2 N–H and O–H groups in total. The Hall–Kier alpha value is -0.860. The summed E-state index contributed by atoms with van der Waals surface area (Å²) < 4.78 is 0. The van der Waals surface area contributed by atoms with Crippen LogP contribution in [-0.2, 0) is 6.42 Å². The maximum Gasteiger partial charge on any atom is 0.0649 e. The van der Waals surface area contributed by atoms with Gasteiger partial charge in [-0.05, 0) is 30.4 Å². The van der Waals surface area contributed by atoms with Crippen molar-refractivity contribution < 1.29 is 10.2 Å². The summed E-state index contributed by atoms with van der Waals surface area (Å²) in [6.07, 6.45) is 2.18. The molecule has 1 aromatic rings. The van der Waals surface area contributed by atoms with Crippen LogP contribution in [0.25, 0.3) is 0 Å². The standard InChI is InChI=1S/C12H16O2/c13-7-3-6-11-10-5-2-1-4-9(10)8-12(11)14/h1-2,4-5,11-14H,3,6-8H2. The van der Waals surface area contributed by atoms with Crippen LogP contribution in [0.15, 0.2) is 24.3 Å². The molecule has 0 aromatic heterocycles. The highest BCUT2D eigenvalue weighted by Gasteiger charge is 2.29. The predicted octanol–water partition coefficient (Wildman–Crippen LogP) is 1.46. The monoisotopic (exact) mass is 192 g/mol. The molecule has 0 saturated heterocycles. The first-order chi connectivity index (χ1) is 6.83. The molecule has 2 nitrogen and oxygen atoms in total. The maximum atomic E-state index is 9.86. The van der Waals surface area contributed by atoms with E-state index in [0.29, 0.717) is 0 Å². The van der Waals surface area contributed by atoms with Crippen molar-refractivity contribution in [3.8, 4) is 0 Å². The van der Waals surface area contributed by atoms with E-state index in [1.165, 1.54) is 11.1 Å². The van der Waals surface area contributed by atoms with Crippen LogP contribution in [-0.4, -0.2) is 22.9 Å². The van der Waals surface area contributed by atoms with Gasteiger partial charge in [-0.25, -0.2) is 0 Å². The van der Waals surface area contributed by atoms with Crippen LogP contribution in [0.5, 0.6) is 0 Å². The summed E-state index contributed by atoms with van der Waals surface area (Å²) in [6, 6.07) is 8.20. The van der Waals surface area contributed by atoms with Gasteiger partial charge in [0.25, 0.3) is 0 Å². The Morgan fingerprint density at radius 2 is 2.07 bits per heavy atom. The third kappa shape index (κ3) is 1.68. The second-order valence-electron chi connectivity index (χ2n) is 3.94. The van der Waals surface area contributed by atoms with Crippen molar-refractivity contribution in [2.24, 2.45) is 0 Å². The molecule has 1 aromatic carbocycles. The van der Waals surface area contributed by atoms with E-state index >= 15 is 0 Å². The molecule has 2 unspecified atom stereocenters. The Balaban J connectivity index is 2.17. The van der Waals surface area contributed by atoms with Crippen molar-refractivity contribution in [1.29, 1.82) is 0 Å². The first-order valence-electron chi connectivity index (χ1n) is 5.19. The third-order valence-corrected chi connectivity index (χ3v) is 3.02. The van der Waals surface area contributed by atoms with Gasteiger partial charge in [0.15, 0.2) is 0 Å². The molecule has 2 heteroatoms. The first kappa shape index (κ1) is 9.69. The molecule has 0 amide bonds. The van der Waals surface area contributed by atoms with Gasteiger partial charge >= 0.3 is 0 Å². The molecule has 2 rings (SSSR count). The van der Waals surface area contributed by atoms with Gasteiger partial charge in [0.2, 0.25) is 0 Å². The molecule has 0 fully saturated rings. The average Bonchev–Trinajstić information content (AvgIpc) is 2.51. The third-order valence-electron chi connectivity index (χ3n) is 3.02. The smallest absolute Gasteiger partial charge is 0.0649 e. The molecule has 1 aliphatic rings. The second-order valence-corrected chi connectivity index (χ2v) is 3.94. The number of hydrogen-bond acceptors (Lipinski definition) is 2. The lowest BCUT2D eigenvalue weighted by atomic mass is 9.95. The Morgan fingerprint density at radius 3 is 2.86 bits per heavy atom. The average molecular weight is 192 g/mol. The van der Waals surface area contributed by atoms with Crippen LogP contribution < -0.4 is 0 Å². The number of rotatable bonds is 3. The topological polar surface area (TPSA) is 40.5 Å². The summed E-state index contributed by atoms with van der Waals surface area (Å²) >= 11 is 0. The molecule has 0 radical (unpaired) electrons. The highest BCUT2D eigenvalue weighted by Crippen LogP contribution is 2.36. The van der Waals surface area contributed by atoms with Crippen LogP contribution in [0.1, 0.15) is 29.9 Å². The van der Waals surface area contributed by atoms with Gasteiger partial charge in [0.05, 0.1) is 6.10 Å². The van der Waals surface area contributed by atoms with Crippen molar-refractivity contribution in [1.82, 2.24) is 0 Å². The van der Waals surface area contributed by atoms with Crippen molar-refractivity contribution in [3.63, 3.8) is 0 Å². The largest absolute Gasteiger partial charge is 0.396 e. The highest BCUT2D eigenvalue weighted by atomic mass is 16.3. The Kier molecular flexibility index (Phi) is 2.85. The minimum Gasteiger partial charge on any atom is -0.396 e. The molecule has 2 atom stereocenters. The lowest BCUT2D eigenvalue weighted by molar-refractivity contribution is 0.147. The number of benzene rings is 1. The fourth-order valence-corrected chi connectivity index (χ4v) is 2.32. The Bertz CT molecular complexity index is 309.